The van der Waals surface area contributed by atoms with E-state index in [1.54, 1.807) is 24.3 Å². The molecule has 0 fully saturated rings. The second-order valence-electron chi connectivity index (χ2n) is 7.03. The fourth-order valence-electron chi connectivity index (χ4n) is 2.55. The van der Waals surface area contributed by atoms with Crippen LogP contribution in [0.5, 0.6) is 5.75 Å². The fraction of sp³-hybridized carbons (Fsp3) is 0.611. The number of hydrogen-bond acceptors (Lipinski definition) is 4. The van der Waals surface area contributed by atoms with E-state index in [4.69, 9.17) is 4.74 Å². The lowest BCUT2D eigenvalue weighted by Gasteiger charge is -2.26. The molecule has 0 radical (unpaired) electrons. The summed E-state index contributed by atoms with van der Waals surface area (Å²) in [7, 11) is -1.68. The zero-order valence-electron chi connectivity index (χ0n) is 15.9. The lowest BCUT2D eigenvalue weighted by molar-refractivity contribution is -0.124. The molecule has 0 saturated carbocycles. The van der Waals surface area contributed by atoms with Crippen molar-refractivity contribution >= 4 is 15.9 Å². The summed E-state index contributed by atoms with van der Waals surface area (Å²) < 4.78 is 29.6. The van der Waals surface area contributed by atoms with Crippen LogP contribution in [0.15, 0.2) is 24.3 Å². The summed E-state index contributed by atoms with van der Waals surface area (Å²) >= 11 is 0. The summed E-state index contributed by atoms with van der Waals surface area (Å²) in [5.41, 5.74) is 0.851. The highest BCUT2D eigenvalue weighted by Crippen LogP contribution is 2.15. The summed E-state index contributed by atoms with van der Waals surface area (Å²) in [5, 5.41) is 3.00. The van der Waals surface area contributed by atoms with Crippen molar-refractivity contribution in [2.45, 2.75) is 40.3 Å². The maximum Gasteiger partial charge on any atom is 0.258 e. The van der Waals surface area contributed by atoms with E-state index in [0.29, 0.717) is 24.1 Å². The number of hydrogen-bond donors (Lipinski definition) is 1. The molecule has 1 N–H and O–H groups in total. The van der Waals surface area contributed by atoms with E-state index in [2.05, 4.69) is 33.0 Å². The largest absolute Gasteiger partial charge is 0.484 e. The number of nitrogens with zero attached hydrogens (tertiary/aromatic N) is 1. The van der Waals surface area contributed by atoms with E-state index in [0.717, 1.165) is 5.56 Å². The molecule has 0 unspecified atom stereocenters. The number of rotatable bonds is 9. The van der Waals surface area contributed by atoms with Gasteiger partial charge < -0.3 is 10.1 Å². The molecule has 0 spiro atoms. The van der Waals surface area contributed by atoms with Gasteiger partial charge in [-0.25, -0.2) is 12.7 Å². The van der Waals surface area contributed by atoms with Gasteiger partial charge in [-0.15, -0.1) is 0 Å². The third-order valence-electron chi connectivity index (χ3n) is 4.03. The predicted octanol–water partition coefficient (Wildman–Crippen LogP) is 2.25. The summed E-state index contributed by atoms with van der Waals surface area (Å²) in [5.74, 6) is 1.14. The molecular formula is C18H30N2O4S. The van der Waals surface area contributed by atoms with Gasteiger partial charge in [0.15, 0.2) is 6.61 Å². The van der Waals surface area contributed by atoms with Crippen LogP contribution in [0.3, 0.4) is 0 Å². The zero-order valence-corrected chi connectivity index (χ0v) is 16.8. The van der Waals surface area contributed by atoms with E-state index in [9.17, 15) is 13.2 Å². The molecule has 0 saturated heterocycles. The quantitative estimate of drug-likeness (QED) is 0.723. The summed E-state index contributed by atoms with van der Waals surface area (Å²) in [6.45, 7) is 8.58. The van der Waals surface area contributed by atoms with Crippen LogP contribution >= 0.6 is 0 Å². The Hall–Kier alpha value is -1.60. The van der Waals surface area contributed by atoms with Crippen LogP contribution in [0.1, 0.15) is 33.3 Å². The van der Waals surface area contributed by atoms with E-state index in [1.807, 2.05) is 0 Å². The van der Waals surface area contributed by atoms with Crippen LogP contribution in [-0.4, -0.2) is 44.6 Å². The van der Waals surface area contributed by atoms with Crippen molar-refractivity contribution in [1.82, 2.24) is 9.62 Å². The molecule has 142 valence electrons. The Morgan fingerprint density at radius 1 is 1.12 bits per heavy atom. The maximum atomic E-state index is 12.0. The van der Waals surface area contributed by atoms with Crippen LogP contribution in [-0.2, 0) is 21.4 Å². The first-order chi connectivity index (χ1) is 11.5. The average Bonchev–Trinajstić information content (AvgIpc) is 2.50. The van der Waals surface area contributed by atoms with E-state index in [-0.39, 0.29) is 18.6 Å². The summed E-state index contributed by atoms with van der Waals surface area (Å²) in [6.07, 6.45) is 1.17. The SMILES string of the molecule is CC(C)C(NC(=O)COc1ccc(CN(C)S(C)(=O)=O)cc1)C(C)C. The third-order valence-corrected chi connectivity index (χ3v) is 5.29. The molecule has 0 aliphatic carbocycles. The number of sulfonamides is 1. The molecule has 0 aliphatic heterocycles. The van der Waals surface area contributed by atoms with Crippen LogP contribution < -0.4 is 10.1 Å². The second-order valence-corrected chi connectivity index (χ2v) is 9.12. The molecule has 0 heterocycles. The first-order valence-electron chi connectivity index (χ1n) is 8.43. The van der Waals surface area contributed by atoms with E-state index in [1.165, 1.54) is 17.6 Å². The molecular weight excluding hydrogens is 340 g/mol. The fourth-order valence-corrected chi connectivity index (χ4v) is 2.93. The van der Waals surface area contributed by atoms with Gasteiger partial charge >= 0.3 is 0 Å². The van der Waals surface area contributed by atoms with Gasteiger partial charge in [-0.05, 0) is 29.5 Å². The third kappa shape index (κ3) is 7.44. The first-order valence-corrected chi connectivity index (χ1v) is 10.3. The second kappa shape index (κ2) is 9.20. The van der Waals surface area contributed by atoms with Gasteiger partial charge in [-0.2, -0.15) is 0 Å². The molecule has 1 aromatic rings. The Morgan fingerprint density at radius 3 is 2.08 bits per heavy atom. The highest BCUT2D eigenvalue weighted by Gasteiger charge is 2.19. The zero-order chi connectivity index (χ0) is 19.2. The van der Waals surface area contributed by atoms with Crippen molar-refractivity contribution in [2.24, 2.45) is 11.8 Å². The van der Waals surface area contributed by atoms with Gasteiger partial charge in [0.25, 0.3) is 5.91 Å². The summed E-state index contributed by atoms with van der Waals surface area (Å²) in [4.78, 5) is 12.0. The standard InChI is InChI=1S/C18H30N2O4S/c1-13(2)18(14(3)4)19-17(21)12-24-16-9-7-15(8-10-16)11-20(5)25(6,22)23/h7-10,13-14,18H,11-12H2,1-6H3,(H,19,21). The normalized spacial score (nSPS) is 12.2. The van der Waals surface area contributed by atoms with Gasteiger partial charge in [0.05, 0.1) is 6.26 Å². The highest BCUT2D eigenvalue weighted by atomic mass is 32.2. The number of amides is 1. The van der Waals surface area contributed by atoms with Crippen LogP contribution in [0.25, 0.3) is 0 Å². The highest BCUT2D eigenvalue weighted by molar-refractivity contribution is 7.88. The minimum atomic E-state index is -3.21. The molecule has 1 rings (SSSR count). The lowest BCUT2D eigenvalue weighted by atomic mass is 9.93. The summed E-state index contributed by atoms with van der Waals surface area (Å²) in [6, 6.07) is 7.17. The van der Waals surface area contributed by atoms with E-state index >= 15 is 0 Å². The molecule has 1 amide bonds. The minimum absolute atomic E-state index is 0.0431. The number of ether oxygens (including phenoxy) is 1. The van der Waals surface area contributed by atoms with Gasteiger partial charge in [0.1, 0.15) is 5.75 Å². The van der Waals surface area contributed by atoms with Crippen molar-refractivity contribution < 1.29 is 17.9 Å². The number of carbonyl (C=O) groups excluding carboxylic acids is 1. The van der Waals surface area contributed by atoms with Crippen LogP contribution in [0.4, 0.5) is 0 Å². The molecule has 6 nitrogen and oxygen atoms in total. The Balaban J connectivity index is 2.54. The van der Waals surface area contributed by atoms with Gasteiger partial charge in [-0.1, -0.05) is 39.8 Å². The number of nitrogens with one attached hydrogen (secondary N) is 1. The average molecular weight is 371 g/mol. The number of carbonyl (C=O) groups is 1. The van der Waals surface area contributed by atoms with Gasteiger partial charge in [0, 0.05) is 19.6 Å². The van der Waals surface area contributed by atoms with Crippen molar-refractivity contribution in [3.63, 3.8) is 0 Å². The van der Waals surface area contributed by atoms with Crippen molar-refractivity contribution in [1.29, 1.82) is 0 Å². The van der Waals surface area contributed by atoms with Crippen molar-refractivity contribution in [2.75, 3.05) is 19.9 Å². The monoisotopic (exact) mass is 370 g/mol. The first kappa shape index (κ1) is 21.4. The Morgan fingerprint density at radius 2 is 1.64 bits per heavy atom. The molecule has 0 bridgehead atoms. The smallest absolute Gasteiger partial charge is 0.258 e. The molecule has 1 aromatic carbocycles. The van der Waals surface area contributed by atoms with Crippen molar-refractivity contribution in [3.8, 4) is 5.75 Å². The Kier molecular flexibility index (Phi) is 7.89. The predicted molar refractivity (Wildman–Crippen MR) is 99.9 cm³/mol. The Labute approximate surface area is 151 Å². The minimum Gasteiger partial charge on any atom is -0.484 e. The molecule has 0 aromatic heterocycles. The molecule has 0 aliphatic rings. The molecule has 25 heavy (non-hydrogen) atoms. The number of benzene rings is 1. The van der Waals surface area contributed by atoms with Crippen LogP contribution in [0, 0.1) is 11.8 Å². The van der Waals surface area contributed by atoms with E-state index < -0.39 is 10.0 Å². The maximum absolute atomic E-state index is 12.0. The topological polar surface area (TPSA) is 75.7 Å². The molecule has 0 atom stereocenters. The Bertz CT molecular complexity index is 646. The lowest BCUT2D eigenvalue weighted by Crippen LogP contribution is -2.44. The van der Waals surface area contributed by atoms with Gasteiger partial charge in [-0.3, -0.25) is 4.79 Å². The molecule has 7 heteroatoms. The van der Waals surface area contributed by atoms with Gasteiger partial charge in [0.2, 0.25) is 10.0 Å². The van der Waals surface area contributed by atoms with Crippen molar-refractivity contribution in [3.05, 3.63) is 29.8 Å². The van der Waals surface area contributed by atoms with Crippen LogP contribution in [0.2, 0.25) is 0 Å².